The van der Waals surface area contributed by atoms with E-state index in [0.717, 1.165) is 16.5 Å². The number of rotatable bonds is 3. The lowest BCUT2D eigenvalue weighted by molar-refractivity contribution is 0.251. The van der Waals surface area contributed by atoms with Gasteiger partial charge in [-0.1, -0.05) is 20.8 Å². The van der Waals surface area contributed by atoms with Crippen molar-refractivity contribution in [1.29, 1.82) is 0 Å². The smallest absolute Gasteiger partial charge is 0.319 e. The molecule has 6 nitrogen and oxygen atoms in total. The number of hydrogen-bond donors (Lipinski definition) is 2. The van der Waals surface area contributed by atoms with Gasteiger partial charge in [0.25, 0.3) is 0 Å². The van der Waals surface area contributed by atoms with Crippen LogP contribution in [0.5, 0.6) is 0 Å². The first kappa shape index (κ1) is 16.4. The van der Waals surface area contributed by atoms with Crippen LogP contribution in [0, 0.1) is 13.8 Å². The molecule has 0 atom stereocenters. The fourth-order valence-electron chi connectivity index (χ4n) is 1.73. The molecule has 0 unspecified atom stereocenters. The minimum absolute atomic E-state index is 0.110. The van der Waals surface area contributed by atoms with E-state index in [1.54, 1.807) is 23.7 Å². The van der Waals surface area contributed by atoms with Gasteiger partial charge in [-0.2, -0.15) is 0 Å². The molecule has 0 saturated heterocycles. The number of carbonyl (C=O) groups excluding carboxylic acids is 1. The Bertz CT molecular complexity index is 638. The van der Waals surface area contributed by atoms with Gasteiger partial charge in [0.2, 0.25) is 0 Å². The number of nitrogens with zero attached hydrogens (tertiary/aromatic N) is 3. The first-order valence-electron chi connectivity index (χ1n) is 7.06. The van der Waals surface area contributed by atoms with Crippen molar-refractivity contribution in [3.63, 3.8) is 0 Å². The second-order valence-corrected chi connectivity index (χ2v) is 7.39. The largest absolute Gasteiger partial charge is 0.331 e. The highest BCUT2D eigenvalue weighted by Crippen LogP contribution is 2.18. The zero-order valence-corrected chi connectivity index (χ0v) is 14.3. The molecule has 0 fully saturated rings. The Hall–Kier alpha value is -2.02. The van der Waals surface area contributed by atoms with Crippen molar-refractivity contribution >= 4 is 23.1 Å². The molecule has 0 spiro atoms. The van der Waals surface area contributed by atoms with Gasteiger partial charge in [-0.3, -0.25) is 0 Å². The maximum atomic E-state index is 11.9. The highest BCUT2D eigenvalue weighted by molar-refractivity contribution is 7.11. The Kier molecular flexibility index (Phi) is 4.75. The maximum Gasteiger partial charge on any atom is 0.319 e. The molecule has 0 aliphatic carbocycles. The van der Waals surface area contributed by atoms with E-state index in [1.165, 1.54) is 4.88 Å². The molecule has 2 N–H and O–H groups in total. The molecule has 0 aliphatic heterocycles. The Morgan fingerprint density at radius 3 is 2.36 bits per heavy atom. The number of amides is 2. The van der Waals surface area contributed by atoms with Crippen LogP contribution >= 0.6 is 11.3 Å². The van der Waals surface area contributed by atoms with E-state index in [4.69, 9.17) is 0 Å². The van der Waals surface area contributed by atoms with Crippen LogP contribution in [0.4, 0.5) is 10.5 Å². The minimum atomic E-state index is -0.294. The second-order valence-electron chi connectivity index (χ2n) is 6.10. The average Bonchev–Trinajstić information content (AvgIpc) is 2.75. The van der Waals surface area contributed by atoms with Gasteiger partial charge in [-0.25, -0.2) is 19.7 Å². The SMILES string of the molecule is Cc1nc(CNC(=O)Nc2cnc(C(C)(C)C)nc2)sc1C. The van der Waals surface area contributed by atoms with Crippen molar-refractivity contribution in [3.8, 4) is 0 Å². The van der Waals surface area contributed by atoms with Crippen LogP contribution in [-0.2, 0) is 12.0 Å². The number of aromatic nitrogens is 3. The molecule has 2 rings (SSSR count). The molecule has 0 saturated carbocycles. The van der Waals surface area contributed by atoms with Crippen molar-refractivity contribution in [1.82, 2.24) is 20.3 Å². The van der Waals surface area contributed by atoms with Crippen LogP contribution < -0.4 is 10.6 Å². The molecule has 0 aliphatic rings. The van der Waals surface area contributed by atoms with E-state index in [9.17, 15) is 4.79 Å². The molecule has 0 bridgehead atoms. The van der Waals surface area contributed by atoms with Crippen molar-refractivity contribution in [2.45, 2.75) is 46.6 Å². The summed E-state index contributed by atoms with van der Waals surface area (Å²) in [7, 11) is 0. The van der Waals surface area contributed by atoms with Crippen LogP contribution in [0.25, 0.3) is 0 Å². The first-order chi connectivity index (χ1) is 10.3. The van der Waals surface area contributed by atoms with Gasteiger partial charge in [0.15, 0.2) is 0 Å². The van der Waals surface area contributed by atoms with Gasteiger partial charge < -0.3 is 10.6 Å². The van der Waals surface area contributed by atoms with Crippen LogP contribution in [0.15, 0.2) is 12.4 Å². The highest BCUT2D eigenvalue weighted by Gasteiger charge is 2.16. The zero-order chi connectivity index (χ0) is 16.3. The minimum Gasteiger partial charge on any atom is -0.331 e. The Morgan fingerprint density at radius 1 is 1.23 bits per heavy atom. The molecule has 2 aromatic rings. The summed E-state index contributed by atoms with van der Waals surface area (Å²) in [5.41, 5.74) is 1.46. The summed E-state index contributed by atoms with van der Waals surface area (Å²) in [5, 5.41) is 6.38. The second kappa shape index (κ2) is 6.39. The van der Waals surface area contributed by atoms with Gasteiger partial charge in [-0.15, -0.1) is 11.3 Å². The summed E-state index contributed by atoms with van der Waals surface area (Å²) in [6.07, 6.45) is 3.23. The number of anilines is 1. The summed E-state index contributed by atoms with van der Waals surface area (Å²) in [6, 6.07) is -0.294. The molecule has 2 amide bonds. The lowest BCUT2D eigenvalue weighted by Gasteiger charge is -2.16. The average molecular weight is 319 g/mol. The Labute approximate surface area is 134 Å². The van der Waals surface area contributed by atoms with E-state index in [2.05, 4.69) is 25.6 Å². The summed E-state index contributed by atoms with van der Waals surface area (Å²) in [6.45, 7) is 10.5. The third-order valence-electron chi connectivity index (χ3n) is 3.05. The molecular weight excluding hydrogens is 298 g/mol. The molecular formula is C15H21N5OS. The zero-order valence-electron chi connectivity index (χ0n) is 13.5. The van der Waals surface area contributed by atoms with Crippen LogP contribution in [0.3, 0.4) is 0 Å². The number of hydrogen-bond acceptors (Lipinski definition) is 5. The monoisotopic (exact) mass is 319 g/mol. The summed E-state index contributed by atoms with van der Waals surface area (Å²) in [4.78, 5) is 26.0. The van der Waals surface area contributed by atoms with Gasteiger partial charge in [0.05, 0.1) is 30.3 Å². The fourth-order valence-corrected chi connectivity index (χ4v) is 2.60. The molecule has 2 heterocycles. The Morgan fingerprint density at radius 2 is 1.86 bits per heavy atom. The van der Waals surface area contributed by atoms with Crippen molar-refractivity contribution in [3.05, 3.63) is 33.8 Å². The normalized spacial score (nSPS) is 11.3. The van der Waals surface area contributed by atoms with E-state index >= 15 is 0 Å². The number of nitrogens with one attached hydrogen (secondary N) is 2. The first-order valence-corrected chi connectivity index (χ1v) is 7.87. The predicted octanol–water partition coefficient (Wildman–Crippen LogP) is 3.17. The molecule has 7 heteroatoms. The maximum absolute atomic E-state index is 11.9. The number of urea groups is 1. The van der Waals surface area contributed by atoms with Gasteiger partial charge >= 0.3 is 6.03 Å². The highest BCUT2D eigenvalue weighted by atomic mass is 32.1. The van der Waals surface area contributed by atoms with Crippen LogP contribution in [-0.4, -0.2) is 21.0 Å². The quantitative estimate of drug-likeness (QED) is 0.910. The topological polar surface area (TPSA) is 79.8 Å². The predicted molar refractivity (Wildman–Crippen MR) is 88.2 cm³/mol. The lowest BCUT2D eigenvalue weighted by atomic mass is 9.96. The van der Waals surface area contributed by atoms with Crippen molar-refractivity contribution < 1.29 is 4.79 Å². The van der Waals surface area contributed by atoms with E-state index < -0.39 is 0 Å². The van der Waals surface area contributed by atoms with Gasteiger partial charge in [0.1, 0.15) is 10.8 Å². The Balaban J connectivity index is 1.89. The fraction of sp³-hybridized carbons (Fsp3) is 0.467. The summed E-state index contributed by atoms with van der Waals surface area (Å²) in [5.74, 6) is 0.743. The number of aryl methyl sites for hydroxylation is 2. The van der Waals surface area contributed by atoms with Gasteiger partial charge in [0, 0.05) is 10.3 Å². The van der Waals surface area contributed by atoms with Crippen LogP contribution in [0.2, 0.25) is 0 Å². The third-order valence-corrected chi connectivity index (χ3v) is 4.13. The molecule has 0 aromatic carbocycles. The molecule has 0 radical (unpaired) electrons. The standard InChI is InChI=1S/C15H21N5OS/c1-9-10(2)22-12(19-9)8-18-14(21)20-11-6-16-13(17-7-11)15(3,4)5/h6-7H,8H2,1-5H3,(H2,18,20,21). The third kappa shape index (κ3) is 4.24. The number of carbonyl (C=O) groups is 1. The molecule has 2 aromatic heterocycles. The molecule has 22 heavy (non-hydrogen) atoms. The summed E-state index contributed by atoms with van der Waals surface area (Å²) < 4.78 is 0. The van der Waals surface area contributed by atoms with Crippen molar-refractivity contribution in [2.75, 3.05) is 5.32 Å². The van der Waals surface area contributed by atoms with E-state index in [-0.39, 0.29) is 11.4 Å². The van der Waals surface area contributed by atoms with E-state index in [1.807, 2.05) is 34.6 Å². The van der Waals surface area contributed by atoms with Crippen molar-refractivity contribution in [2.24, 2.45) is 0 Å². The lowest BCUT2D eigenvalue weighted by Crippen LogP contribution is -2.28. The number of thiazole rings is 1. The van der Waals surface area contributed by atoms with E-state index in [0.29, 0.717) is 12.2 Å². The summed E-state index contributed by atoms with van der Waals surface area (Å²) >= 11 is 1.59. The van der Waals surface area contributed by atoms with Gasteiger partial charge in [-0.05, 0) is 13.8 Å². The molecule has 118 valence electrons. The van der Waals surface area contributed by atoms with Crippen LogP contribution in [0.1, 0.15) is 42.2 Å².